The maximum atomic E-state index is 12.2. The van der Waals surface area contributed by atoms with Gasteiger partial charge >= 0.3 is 15.8 Å². The molecule has 0 fully saturated rings. The second kappa shape index (κ2) is 5.95. The number of hydrogen-bond acceptors (Lipinski definition) is 7. The van der Waals surface area contributed by atoms with Crippen molar-refractivity contribution in [3.63, 3.8) is 0 Å². The van der Waals surface area contributed by atoms with E-state index < -0.39 is 46.3 Å². The number of sulfonamides is 1. The Morgan fingerprint density at radius 2 is 1.57 bits per heavy atom. The van der Waals surface area contributed by atoms with Crippen molar-refractivity contribution < 1.29 is 25.9 Å². The Hall–Kier alpha value is -2.50. The molecule has 0 aliphatic rings. The summed E-state index contributed by atoms with van der Waals surface area (Å²) in [7, 11) is -8.58. The summed E-state index contributed by atoms with van der Waals surface area (Å²) >= 11 is 0. The Morgan fingerprint density at radius 3 is 2.17 bits per heavy atom. The molecule has 0 saturated carbocycles. The molecular formula is C12H10N2O7S2. The van der Waals surface area contributed by atoms with Gasteiger partial charge in [-0.3, -0.25) is 10.1 Å². The quantitative estimate of drug-likeness (QED) is 0.476. The molecule has 2 N–H and O–H groups in total. The van der Waals surface area contributed by atoms with E-state index in [9.17, 15) is 26.9 Å². The molecule has 0 unspecified atom stereocenters. The maximum absolute atomic E-state index is 12.2. The minimum absolute atomic E-state index is 0.426. The monoisotopic (exact) mass is 358 g/mol. The molecule has 23 heavy (non-hydrogen) atoms. The van der Waals surface area contributed by atoms with Crippen molar-refractivity contribution in [2.24, 2.45) is 5.14 Å². The van der Waals surface area contributed by atoms with E-state index in [1.807, 2.05) is 0 Å². The molecule has 9 nitrogen and oxygen atoms in total. The van der Waals surface area contributed by atoms with Crippen molar-refractivity contribution in [1.82, 2.24) is 0 Å². The fourth-order valence-corrected chi connectivity index (χ4v) is 3.28. The number of para-hydroxylation sites is 2. The van der Waals surface area contributed by atoms with Gasteiger partial charge in [0, 0.05) is 6.07 Å². The third kappa shape index (κ3) is 3.83. The molecule has 2 aromatic carbocycles. The predicted molar refractivity (Wildman–Crippen MR) is 78.7 cm³/mol. The molecule has 0 bridgehead atoms. The van der Waals surface area contributed by atoms with E-state index in [1.54, 1.807) is 0 Å². The van der Waals surface area contributed by atoms with Gasteiger partial charge in [0.2, 0.25) is 15.8 Å². The number of nitro benzene ring substituents is 1. The highest BCUT2D eigenvalue weighted by Crippen LogP contribution is 2.29. The van der Waals surface area contributed by atoms with Gasteiger partial charge in [0.05, 0.1) is 9.82 Å². The highest BCUT2D eigenvalue weighted by Gasteiger charge is 2.24. The van der Waals surface area contributed by atoms with Crippen LogP contribution in [0.2, 0.25) is 0 Å². The van der Waals surface area contributed by atoms with Crippen LogP contribution in [0.15, 0.2) is 58.3 Å². The van der Waals surface area contributed by atoms with Crippen molar-refractivity contribution in [3.05, 3.63) is 58.6 Å². The van der Waals surface area contributed by atoms with Crippen LogP contribution in [0.5, 0.6) is 5.75 Å². The summed E-state index contributed by atoms with van der Waals surface area (Å²) in [6.07, 6.45) is 0. The Labute approximate surface area is 131 Å². The van der Waals surface area contributed by atoms with Crippen molar-refractivity contribution in [2.45, 2.75) is 9.79 Å². The SMILES string of the molecule is NS(=O)(=O)c1cccc(S(=O)(=O)Oc2ccccc2[N+](=O)[O-])c1. The molecule has 0 spiro atoms. The molecule has 0 atom stereocenters. The van der Waals surface area contributed by atoms with E-state index in [4.69, 9.17) is 9.32 Å². The first-order chi connectivity index (χ1) is 10.6. The largest absolute Gasteiger partial charge is 0.372 e. The molecule has 2 rings (SSSR count). The average Bonchev–Trinajstić information content (AvgIpc) is 2.46. The van der Waals surface area contributed by atoms with Crippen LogP contribution < -0.4 is 9.32 Å². The lowest BCUT2D eigenvalue weighted by Gasteiger charge is -2.08. The van der Waals surface area contributed by atoms with Gasteiger partial charge in [-0.25, -0.2) is 13.6 Å². The minimum Gasteiger partial charge on any atom is -0.372 e. The molecule has 0 aliphatic carbocycles. The summed E-state index contributed by atoms with van der Waals surface area (Å²) < 4.78 is 51.6. The summed E-state index contributed by atoms with van der Waals surface area (Å²) in [6, 6.07) is 9.05. The van der Waals surface area contributed by atoms with Crippen molar-refractivity contribution in [1.29, 1.82) is 0 Å². The van der Waals surface area contributed by atoms with E-state index in [1.165, 1.54) is 12.1 Å². The Kier molecular flexibility index (Phi) is 4.36. The van der Waals surface area contributed by atoms with E-state index in [0.717, 1.165) is 36.4 Å². The second-order valence-corrected chi connectivity index (χ2v) is 7.39. The van der Waals surface area contributed by atoms with Crippen molar-refractivity contribution >= 4 is 25.8 Å². The average molecular weight is 358 g/mol. The fourth-order valence-electron chi connectivity index (χ4n) is 1.65. The smallest absolute Gasteiger partial charge is 0.339 e. The van der Waals surface area contributed by atoms with E-state index in [2.05, 4.69) is 0 Å². The van der Waals surface area contributed by atoms with Gasteiger partial charge < -0.3 is 4.18 Å². The summed E-state index contributed by atoms with van der Waals surface area (Å²) in [6.45, 7) is 0. The van der Waals surface area contributed by atoms with E-state index in [-0.39, 0.29) is 0 Å². The van der Waals surface area contributed by atoms with E-state index >= 15 is 0 Å². The molecule has 0 radical (unpaired) electrons. The van der Waals surface area contributed by atoms with Crippen LogP contribution in [0.3, 0.4) is 0 Å². The van der Waals surface area contributed by atoms with Gasteiger partial charge in [-0.1, -0.05) is 18.2 Å². The summed E-state index contributed by atoms with van der Waals surface area (Å²) in [5.41, 5.74) is -0.543. The Morgan fingerprint density at radius 1 is 0.957 bits per heavy atom. The van der Waals surface area contributed by atoms with Gasteiger partial charge in [-0.15, -0.1) is 0 Å². The number of benzene rings is 2. The number of primary sulfonamides is 1. The topological polar surface area (TPSA) is 147 Å². The van der Waals surface area contributed by atoms with Gasteiger partial charge in [0.25, 0.3) is 0 Å². The van der Waals surface area contributed by atoms with Crippen LogP contribution in [-0.4, -0.2) is 21.8 Å². The van der Waals surface area contributed by atoms with Crippen LogP contribution >= 0.6 is 0 Å². The number of rotatable bonds is 5. The highest BCUT2D eigenvalue weighted by atomic mass is 32.2. The molecule has 2 aromatic rings. The van der Waals surface area contributed by atoms with Crippen LogP contribution in [0.1, 0.15) is 0 Å². The molecule has 0 heterocycles. The standard InChI is InChI=1S/C12H10N2O7S2/c13-22(17,18)9-4-3-5-10(8-9)23(19,20)21-12-7-2-1-6-11(12)14(15)16/h1-8H,(H2,13,17,18). The van der Waals surface area contributed by atoms with Gasteiger partial charge in [-0.2, -0.15) is 8.42 Å². The van der Waals surface area contributed by atoms with Crippen molar-refractivity contribution in [2.75, 3.05) is 0 Å². The summed E-state index contributed by atoms with van der Waals surface area (Å²) in [5, 5.41) is 15.8. The second-order valence-electron chi connectivity index (χ2n) is 4.28. The first-order valence-electron chi connectivity index (χ1n) is 5.92. The van der Waals surface area contributed by atoms with Gasteiger partial charge in [-0.05, 0) is 24.3 Å². The Balaban J connectivity index is 2.47. The van der Waals surface area contributed by atoms with Crippen LogP contribution in [-0.2, 0) is 20.1 Å². The zero-order valence-corrected chi connectivity index (χ0v) is 13.0. The first-order valence-corrected chi connectivity index (χ1v) is 8.87. The molecule has 0 amide bonds. The molecule has 0 saturated heterocycles. The van der Waals surface area contributed by atoms with Gasteiger partial charge in [0.1, 0.15) is 4.90 Å². The lowest BCUT2D eigenvalue weighted by atomic mass is 10.3. The van der Waals surface area contributed by atoms with E-state index in [0.29, 0.717) is 0 Å². The third-order valence-electron chi connectivity index (χ3n) is 2.68. The number of nitro groups is 1. The molecular weight excluding hydrogens is 348 g/mol. The number of hydrogen-bond donors (Lipinski definition) is 1. The molecule has 122 valence electrons. The van der Waals surface area contributed by atoms with Crippen LogP contribution in [0, 0.1) is 10.1 Å². The fraction of sp³-hybridized carbons (Fsp3) is 0. The van der Waals surface area contributed by atoms with Crippen molar-refractivity contribution in [3.8, 4) is 5.75 Å². The first kappa shape index (κ1) is 16.9. The molecule has 11 heteroatoms. The van der Waals surface area contributed by atoms with Gasteiger partial charge in [0.15, 0.2) is 0 Å². The van der Waals surface area contributed by atoms with Crippen LogP contribution in [0.25, 0.3) is 0 Å². The number of nitrogens with two attached hydrogens (primary N) is 1. The lowest BCUT2D eigenvalue weighted by molar-refractivity contribution is -0.385. The highest BCUT2D eigenvalue weighted by molar-refractivity contribution is 7.89. The molecule has 0 aromatic heterocycles. The zero-order valence-electron chi connectivity index (χ0n) is 11.3. The van der Waals surface area contributed by atoms with Crippen LogP contribution in [0.4, 0.5) is 5.69 Å². The Bertz CT molecular complexity index is 968. The normalized spacial score (nSPS) is 11.9. The minimum atomic E-state index is -4.48. The molecule has 0 aliphatic heterocycles. The zero-order chi connectivity index (χ0) is 17.3. The predicted octanol–water partition coefficient (Wildman–Crippen LogP) is 1.01. The third-order valence-corrected chi connectivity index (χ3v) is 4.83. The summed E-state index contributed by atoms with van der Waals surface area (Å²) in [4.78, 5) is 9.14. The summed E-state index contributed by atoms with van der Waals surface area (Å²) in [5.74, 6) is -0.487. The lowest BCUT2D eigenvalue weighted by Crippen LogP contribution is -2.15. The maximum Gasteiger partial charge on any atom is 0.339 e. The number of nitrogens with zero attached hydrogens (tertiary/aromatic N) is 1.